The van der Waals surface area contributed by atoms with Crippen LogP contribution in [0.2, 0.25) is 0 Å². The molecule has 232 valence electrons. The summed E-state index contributed by atoms with van der Waals surface area (Å²) in [4.78, 5) is 18.1. The molecule has 0 spiro atoms. The van der Waals surface area contributed by atoms with Gasteiger partial charge < -0.3 is 8.98 Å². The Morgan fingerprint density at radius 1 is 0.604 bits per heavy atom. The van der Waals surface area contributed by atoms with Crippen molar-refractivity contribution in [3.05, 3.63) is 115 Å². The maximum Gasteiger partial charge on any atom is 0.236 e. The monoisotopic (exact) mass is 641 g/mol. The Kier molecular flexibility index (Phi) is 5.47. The van der Waals surface area contributed by atoms with E-state index in [0.29, 0.717) is 11.7 Å². The molecule has 5 heterocycles. The maximum atomic E-state index is 6.48. The summed E-state index contributed by atoms with van der Waals surface area (Å²) in [5.41, 5.74) is 6.84. The molecule has 0 atom stereocenters. The molecule has 0 saturated carbocycles. The fourth-order valence-corrected chi connectivity index (χ4v) is 8.65. The molecule has 1 aliphatic rings. The molecule has 6 nitrogen and oxygen atoms in total. The number of rotatable bonds is 3. The van der Waals surface area contributed by atoms with E-state index in [4.69, 9.17) is 19.4 Å². The molecule has 5 aromatic carbocycles. The molecule has 0 fully saturated rings. The highest BCUT2D eigenvalue weighted by Crippen LogP contribution is 2.52. The van der Waals surface area contributed by atoms with Crippen LogP contribution in [0.5, 0.6) is 0 Å². The Hall–Kier alpha value is -5.53. The van der Waals surface area contributed by atoms with E-state index in [1.54, 1.807) is 0 Å². The summed E-state index contributed by atoms with van der Waals surface area (Å²) >= 11 is 1.81. The number of hydrogen-bond donors (Lipinski definition) is 0. The molecule has 0 bridgehead atoms. The van der Waals surface area contributed by atoms with E-state index < -0.39 is 5.54 Å². The number of aromatic nitrogens is 4. The molecule has 0 saturated heterocycles. The lowest BCUT2D eigenvalue weighted by Gasteiger charge is -2.40. The highest BCUT2D eigenvalue weighted by molar-refractivity contribution is 7.25. The van der Waals surface area contributed by atoms with Gasteiger partial charge >= 0.3 is 0 Å². The van der Waals surface area contributed by atoms with Crippen molar-refractivity contribution in [1.29, 1.82) is 0 Å². The number of thiophene rings is 1. The van der Waals surface area contributed by atoms with Gasteiger partial charge in [-0.1, -0.05) is 84.9 Å². The molecule has 0 unspecified atom stereocenters. The van der Waals surface area contributed by atoms with Crippen LogP contribution in [0.25, 0.3) is 75.7 Å². The molecule has 0 aliphatic carbocycles. The van der Waals surface area contributed by atoms with Gasteiger partial charge in [-0.05, 0) is 69.2 Å². The average molecular weight is 642 g/mol. The lowest BCUT2D eigenvalue weighted by atomic mass is 9.82. The Morgan fingerprint density at radius 2 is 1.33 bits per heavy atom. The number of furan rings is 1. The van der Waals surface area contributed by atoms with E-state index in [0.717, 1.165) is 50.2 Å². The van der Waals surface area contributed by atoms with Gasteiger partial charge in [-0.15, -0.1) is 11.3 Å². The summed E-state index contributed by atoms with van der Waals surface area (Å²) in [7, 11) is 0. The van der Waals surface area contributed by atoms with E-state index in [1.165, 1.54) is 25.7 Å². The second-order valence-corrected chi connectivity index (χ2v) is 14.8. The van der Waals surface area contributed by atoms with Gasteiger partial charge in [0.05, 0.1) is 33.2 Å². The third-order valence-electron chi connectivity index (χ3n) is 10.6. The van der Waals surface area contributed by atoms with Crippen molar-refractivity contribution in [3.8, 4) is 22.4 Å². The molecule has 0 N–H and O–H groups in total. The first-order chi connectivity index (χ1) is 23.3. The predicted octanol–water partition coefficient (Wildman–Crippen LogP) is 11.1. The van der Waals surface area contributed by atoms with Crippen LogP contribution >= 0.6 is 11.3 Å². The van der Waals surface area contributed by atoms with Crippen LogP contribution < -0.4 is 4.90 Å². The van der Waals surface area contributed by atoms with Crippen LogP contribution in [-0.4, -0.2) is 25.1 Å². The topological polar surface area (TPSA) is 60.0 Å². The minimum atomic E-state index is -0.423. The first kappa shape index (κ1) is 27.6. The van der Waals surface area contributed by atoms with Gasteiger partial charge in [-0.3, -0.25) is 4.90 Å². The van der Waals surface area contributed by atoms with Gasteiger partial charge in [-0.2, -0.15) is 4.98 Å². The third kappa shape index (κ3) is 3.65. The van der Waals surface area contributed by atoms with E-state index in [2.05, 4.69) is 128 Å². The molecule has 7 heteroatoms. The van der Waals surface area contributed by atoms with Gasteiger partial charge in [0.15, 0.2) is 0 Å². The van der Waals surface area contributed by atoms with Crippen molar-refractivity contribution in [3.63, 3.8) is 0 Å². The Labute approximate surface area is 280 Å². The minimum Gasteiger partial charge on any atom is -0.437 e. The lowest BCUT2D eigenvalue weighted by Crippen LogP contribution is -2.51. The molecule has 48 heavy (non-hydrogen) atoms. The Balaban J connectivity index is 1.22. The van der Waals surface area contributed by atoms with Gasteiger partial charge in [0, 0.05) is 31.1 Å². The van der Waals surface area contributed by atoms with E-state index in [-0.39, 0.29) is 5.54 Å². The summed E-state index contributed by atoms with van der Waals surface area (Å²) in [6, 6.07) is 40.5. The van der Waals surface area contributed by atoms with Crippen molar-refractivity contribution in [1.82, 2.24) is 19.5 Å². The summed E-state index contributed by atoms with van der Waals surface area (Å²) in [6.07, 6.45) is 0. The van der Waals surface area contributed by atoms with Crippen LogP contribution in [0.1, 0.15) is 27.7 Å². The second-order valence-electron chi connectivity index (χ2n) is 13.7. The number of imidazole rings is 1. The van der Waals surface area contributed by atoms with Gasteiger partial charge in [0.2, 0.25) is 17.6 Å². The normalized spacial score (nSPS) is 15.4. The number of para-hydroxylation sites is 1. The number of hydrogen-bond acceptors (Lipinski definition) is 6. The van der Waals surface area contributed by atoms with Crippen LogP contribution in [0.4, 0.5) is 11.9 Å². The quantitative estimate of drug-likeness (QED) is 0.192. The summed E-state index contributed by atoms with van der Waals surface area (Å²) < 4.78 is 11.3. The zero-order chi connectivity index (χ0) is 32.4. The first-order valence-corrected chi connectivity index (χ1v) is 17.1. The summed E-state index contributed by atoms with van der Waals surface area (Å²) in [5.74, 6) is 1.40. The zero-order valence-electron chi connectivity index (χ0n) is 27.0. The third-order valence-corrected chi connectivity index (χ3v) is 11.8. The Morgan fingerprint density at radius 3 is 2.19 bits per heavy atom. The molecular formula is C41H31N5OS. The lowest BCUT2D eigenvalue weighted by molar-refractivity contribution is 0.251. The standard InChI is InChI=1S/C41H31N5OS/c1-40(2)41(3,4)46(39-42-30-22-25(19-21-31(30)45(39)40)24-12-6-5-7-13-24)38-43-36(35-29-15-8-10-16-32(29)47-37(35)44-38)26-18-20-28-27-14-9-11-17-33(27)48-34(28)23-26/h5-23H,1-4H3. The number of benzene rings is 5. The molecule has 1 aliphatic heterocycles. The van der Waals surface area contributed by atoms with Crippen LogP contribution in [0, 0.1) is 0 Å². The summed E-state index contributed by atoms with van der Waals surface area (Å²) in [6.45, 7) is 9.06. The van der Waals surface area contributed by atoms with Gasteiger partial charge in [0.1, 0.15) is 5.58 Å². The van der Waals surface area contributed by atoms with Crippen molar-refractivity contribution in [2.45, 2.75) is 38.8 Å². The minimum absolute atomic E-state index is 0.340. The molecule has 4 aromatic heterocycles. The van der Waals surface area contributed by atoms with E-state index >= 15 is 0 Å². The second kappa shape index (κ2) is 9.52. The number of fused-ring (bicyclic) bond motifs is 9. The fraction of sp³-hybridized carbons (Fsp3) is 0.146. The highest BCUT2D eigenvalue weighted by atomic mass is 32.1. The molecule has 0 amide bonds. The Bertz CT molecular complexity index is 2750. The molecular weight excluding hydrogens is 611 g/mol. The highest BCUT2D eigenvalue weighted by Gasteiger charge is 2.54. The van der Waals surface area contributed by atoms with Crippen molar-refractivity contribution in [2.24, 2.45) is 0 Å². The van der Waals surface area contributed by atoms with Crippen molar-refractivity contribution < 1.29 is 4.42 Å². The molecule has 10 rings (SSSR count). The average Bonchev–Trinajstić information content (AvgIpc) is 3.81. The van der Waals surface area contributed by atoms with Crippen molar-refractivity contribution in [2.75, 3.05) is 4.90 Å². The van der Waals surface area contributed by atoms with E-state index in [1.807, 2.05) is 35.6 Å². The molecule has 0 radical (unpaired) electrons. The SMILES string of the molecule is CC1(C)N(c2nc(-c3ccc4c(c3)sc3ccccc34)c3c(n2)oc2ccccc23)c2nc3cc(-c4ccccc4)ccc3n2C1(C)C. The molecule has 9 aromatic rings. The van der Waals surface area contributed by atoms with Crippen LogP contribution in [0.15, 0.2) is 120 Å². The smallest absolute Gasteiger partial charge is 0.236 e. The number of anilines is 2. The fourth-order valence-electron chi connectivity index (χ4n) is 7.51. The maximum absolute atomic E-state index is 6.48. The zero-order valence-corrected chi connectivity index (χ0v) is 27.8. The van der Waals surface area contributed by atoms with Crippen LogP contribution in [-0.2, 0) is 5.54 Å². The van der Waals surface area contributed by atoms with Crippen molar-refractivity contribution >= 4 is 76.5 Å². The summed E-state index contributed by atoms with van der Waals surface area (Å²) in [5, 5.41) is 4.47. The predicted molar refractivity (Wildman–Crippen MR) is 198 cm³/mol. The first-order valence-electron chi connectivity index (χ1n) is 16.3. The van der Waals surface area contributed by atoms with Crippen LogP contribution in [0.3, 0.4) is 0 Å². The van der Waals surface area contributed by atoms with E-state index in [9.17, 15) is 0 Å². The van der Waals surface area contributed by atoms with Gasteiger partial charge in [-0.25, -0.2) is 9.97 Å². The van der Waals surface area contributed by atoms with Gasteiger partial charge in [0.25, 0.3) is 0 Å². The number of nitrogens with zero attached hydrogens (tertiary/aromatic N) is 5. The largest absolute Gasteiger partial charge is 0.437 e.